The standard InChI is InChI=1S/C17H19NO4S3/c1-9-7-11(9)13-4-3-10(22-13)8-14-15(19)18(17(23)25-14)12(16(20)21)5-6-24-2/h3-4,8-9,11-12H,5-7H2,1-2H3,(H,20,21)/p-1/b14-8-/t9-,11+,12+/m1/s1. The normalized spacial score (nSPS) is 25.7. The number of amides is 1. The van der Waals surface area contributed by atoms with Crippen LogP contribution in [-0.4, -0.2) is 39.1 Å². The number of thioether (sulfide) groups is 2. The summed E-state index contributed by atoms with van der Waals surface area (Å²) in [6, 6.07) is 2.73. The Hall–Kier alpha value is -1.25. The molecule has 8 heteroatoms. The van der Waals surface area contributed by atoms with Crippen molar-refractivity contribution in [2.24, 2.45) is 5.92 Å². The highest BCUT2D eigenvalue weighted by Gasteiger charge is 2.38. The highest BCUT2D eigenvalue weighted by molar-refractivity contribution is 8.26. The van der Waals surface area contributed by atoms with Gasteiger partial charge in [-0.1, -0.05) is 30.9 Å². The van der Waals surface area contributed by atoms with Crippen LogP contribution in [0.15, 0.2) is 21.5 Å². The van der Waals surface area contributed by atoms with Gasteiger partial charge < -0.3 is 14.3 Å². The number of thiocarbonyl (C=S) groups is 1. The molecule has 3 rings (SSSR count). The number of hydrogen-bond donors (Lipinski definition) is 0. The predicted octanol–water partition coefficient (Wildman–Crippen LogP) is 2.48. The van der Waals surface area contributed by atoms with Gasteiger partial charge in [-0.15, -0.1) is 0 Å². The smallest absolute Gasteiger partial charge is 0.266 e. The lowest BCUT2D eigenvalue weighted by molar-refractivity contribution is -0.310. The van der Waals surface area contributed by atoms with E-state index in [2.05, 4.69) is 6.92 Å². The van der Waals surface area contributed by atoms with E-state index in [4.69, 9.17) is 16.6 Å². The van der Waals surface area contributed by atoms with E-state index in [0.717, 1.165) is 28.8 Å². The van der Waals surface area contributed by atoms with Gasteiger partial charge in [-0.3, -0.25) is 9.69 Å². The van der Waals surface area contributed by atoms with Gasteiger partial charge >= 0.3 is 0 Å². The lowest BCUT2D eigenvalue weighted by atomic mass is 10.2. The number of nitrogens with zero attached hydrogens (tertiary/aromatic N) is 1. The average molecular weight is 397 g/mol. The molecule has 2 fully saturated rings. The van der Waals surface area contributed by atoms with Crippen molar-refractivity contribution in [2.45, 2.75) is 31.7 Å². The summed E-state index contributed by atoms with van der Waals surface area (Å²) >= 11 is 7.84. The van der Waals surface area contributed by atoms with Gasteiger partial charge in [-0.25, -0.2) is 0 Å². The number of carbonyl (C=O) groups is 2. The van der Waals surface area contributed by atoms with Crippen molar-refractivity contribution >= 4 is 58.0 Å². The van der Waals surface area contributed by atoms with E-state index < -0.39 is 17.9 Å². The van der Waals surface area contributed by atoms with E-state index in [1.54, 1.807) is 6.08 Å². The third kappa shape index (κ3) is 3.96. The molecule has 1 amide bonds. The quantitative estimate of drug-likeness (QED) is 0.518. The summed E-state index contributed by atoms with van der Waals surface area (Å²) in [6.07, 6.45) is 4.94. The van der Waals surface area contributed by atoms with E-state index in [1.165, 1.54) is 11.8 Å². The van der Waals surface area contributed by atoms with Crippen LogP contribution in [-0.2, 0) is 9.59 Å². The minimum absolute atomic E-state index is 0.245. The van der Waals surface area contributed by atoms with Gasteiger partial charge in [0.1, 0.15) is 15.8 Å². The molecule has 1 aliphatic heterocycles. The molecule has 1 saturated heterocycles. The zero-order valence-electron chi connectivity index (χ0n) is 13.9. The summed E-state index contributed by atoms with van der Waals surface area (Å²) in [7, 11) is 0. The first-order valence-electron chi connectivity index (χ1n) is 7.99. The molecule has 25 heavy (non-hydrogen) atoms. The molecule has 0 aromatic carbocycles. The van der Waals surface area contributed by atoms with Gasteiger partial charge in [0.05, 0.1) is 16.9 Å². The van der Waals surface area contributed by atoms with Crippen LogP contribution in [0.5, 0.6) is 0 Å². The third-order valence-corrected chi connectivity index (χ3v) is 6.37. The summed E-state index contributed by atoms with van der Waals surface area (Å²) in [5, 5.41) is 11.4. The number of carboxylic acids is 1. The molecule has 0 unspecified atom stereocenters. The van der Waals surface area contributed by atoms with Gasteiger partial charge in [0, 0.05) is 12.0 Å². The molecule has 1 aromatic rings. The van der Waals surface area contributed by atoms with Crippen molar-refractivity contribution in [2.75, 3.05) is 12.0 Å². The van der Waals surface area contributed by atoms with Gasteiger partial charge in [0.2, 0.25) is 0 Å². The maximum atomic E-state index is 12.6. The van der Waals surface area contributed by atoms with Gasteiger partial charge in [0.25, 0.3) is 5.91 Å². The van der Waals surface area contributed by atoms with Crippen LogP contribution in [0.2, 0.25) is 0 Å². The molecule has 1 aromatic heterocycles. The lowest BCUT2D eigenvalue weighted by Crippen LogP contribution is -2.50. The molecule has 0 bridgehead atoms. The number of rotatable bonds is 7. The Kier molecular flexibility index (Phi) is 5.60. The van der Waals surface area contributed by atoms with Crippen LogP contribution in [0.25, 0.3) is 6.08 Å². The maximum Gasteiger partial charge on any atom is 0.266 e. The minimum atomic E-state index is -1.28. The Bertz CT molecular complexity index is 742. The molecule has 3 atom stereocenters. The molecular formula is C17H18NO4S3-. The molecule has 134 valence electrons. The Morgan fingerprint density at radius 3 is 2.92 bits per heavy atom. The van der Waals surface area contributed by atoms with Crippen molar-refractivity contribution in [1.29, 1.82) is 0 Å². The fourth-order valence-electron chi connectivity index (χ4n) is 2.82. The highest BCUT2D eigenvalue weighted by Crippen LogP contribution is 2.47. The second kappa shape index (κ2) is 7.55. The van der Waals surface area contributed by atoms with Crippen molar-refractivity contribution in [3.63, 3.8) is 0 Å². The van der Waals surface area contributed by atoms with Crippen molar-refractivity contribution in [3.8, 4) is 0 Å². The van der Waals surface area contributed by atoms with Crippen LogP contribution < -0.4 is 5.11 Å². The molecule has 1 saturated carbocycles. The fourth-order valence-corrected chi connectivity index (χ4v) is 4.62. The maximum absolute atomic E-state index is 12.6. The molecular weight excluding hydrogens is 378 g/mol. The van der Waals surface area contributed by atoms with E-state index in [1.807, 2.05) is 18.4 Å². The number of carbonyl (C=O) groups excluding carboxylic acids is 2. The monoisotopic (exact) mass is 396 g/mol. The van der Waals surface area contributed by atoms with Crippen molar-refractivity contribution in [1.82, 2.24) is 4.90 Å². The fraction of sp³-hybridized carbons (Fsp3) is 0.471. The van der Waals surface area contributed by atoms with Crippen LogP contribution in [0, 0.1) is 5.92 Å². The molecule has 0 radical (unpaired) electrons. The molecule has 0 spiro atoms. The molecule has 0 N–H and O–H groups in total. The largest absolute Gasteiger partial charge is 0.548 e. The van der Waals surface area contributed by atoms with Gasteiger partial charge in [-0.05, 0) is 42.9 Å². The first-order chi connectivity index (χ1) is 11.9. The topological polar surface area (TPSA) is 73.6 Å². The molecule has 1 aliphatic carbocycles. The highest BCUT2D eigenvalue weighted by atomic mass is 32.2. The van der Waals surface area contributed by atoms with Crippen molar-refractivity contribution < 1.29 is 19.1 Å². The second-order valence-electron chi connectivity index (χ2n) is 6.23. The Balaban J connectivity index is 1.77. The Morgan fingerprint density at radius 1 is 1.60 bits per heavy atom. The first-order valence-corrected chi connectivity index (χ1v) is 10.6. The van der Waals surface area contributed by atoms with Crippen molar-refractivity contribution in [3.05, 3.63) is 28.6 Å². The Labute approximate surface area is 160 Å². The summed E-state index contributed by atoms with van der Waals surface area (Å²) in [6.45, 7) is 2.17. The Morgan fingerprint density at radius 2 is 2.32 bits per heavy atom. The minimum Gasteiger partial charge on any atom is -0.548 e. The summed E-state index contributed by atoms with van der Waals surface area (Å²) < 4.78 is 6.04. The van der Waals surface area contributed by atoms with E-state index in [-0.39, 0.29) is 4.32 Å². The van der Waals surface area contributed by atoms with E-state index in [0.29, 0.717) is 34.7 Å². The van der Waals surface area contributed by atoms with Gasteiger partial charge in [-0.2, -0.15) is 11.8 Å². The molecule has 2 aliphatic rings. The van der Waals surface area contributed by atoms with Gasteiger partial charge in [0.15, 0.2) is 0 Å². The van der Waals surface area contributed by atoms with E-state index >= 15 is 0 Å². The predicted molar refractivity (Wildman–Crippen MR) is 102 cm³/mol. The zero-order chi connectivity index (χ0) is 18.1. The summed E-state index contributed by atoms with van der Waals surface area (Å²) in [5.74, 6) is 1.54. The van der Waals surface area contributed by atoms with Crippen LogP contribution in [0.3, 0.4) is 0 Å². The lowest BCUT2D eigenvalue weighted by Gasteiger charge is -2.27. The van der Waals surface area contributed by atoms with Crippen LogP contribution in [0.1, 0.15) is 37.2 Å². The van der Waals surface area contributed by atoms with Crippen LogP contribution in [0.4, 0.5) is 0 Å². The first kappa shape index (κ1) is 18.5. The molecule has 5 nitrogen and oxygen atoms in total. The van der Waals surface area contributed by atoms with Crippen LogP contribution >= 0.6 is 35.7 Å². The van der Waals surface area contributed by atoms with E-state index in [9.17, 15) is 14.7 Å². The SMILES string of the molecule is CSCC[C@@H](C(=O)[O-])N1C(=O)/C(=C/c2ccc([C@H]3C[C@H]3C)o2)SC1=S. The third-order valence-electron chi connectivity index (χ3n) is 4.40. The number of furan rings is 1. The number of aliphatic carboxylic acids is 1. The second-order valence-corrected chi connectivity index (χ2v) is 8.89. The summed E-state index contributed by atoms with van der Waals surface area (Å²) in [4.78, 5) is 25.6. The number of hydrogen-bond acceptors (Lipinski definition) is 7. The summed E-state index contributed by atoms with van der Waals surface area (Å²) in [5.41, 5.74) is 0. The average Bonchev–Trinajstić information content (AvgIpc) is 3.00. The zero-order valence-corrected chi connectivity index (χ0v) is 16.3. The number of carboxylic acid groups (broad SMARTS) is 1. The molecule has 2 heterocycles.